The number of amides is 2. The van der Waals surface area contributed by atoms with E-state index in [2.05, 4.69) is 20.9 Å². The van der Waals surface area contributed by atoms with E-state index in [1.54, 1.807) is 60.7 Å². The molecule has 0 atom stereocenters. The molecule has 0 aliphatic carbocycles. The van der Waals surface area contributed by atoms with E-state index in [1.165, 1.54) is 0 Å². The molecule has 38 heavy (non-hydrogen) atoms. The molecule has 0 fully saturated rings. The standard InChI is InChI=1S/C30H28N4O4/c1-3-37-27-16-10-8-14-23(27)29(35)31-22-18-19-25(34-33-21-12-6-5-7-13-21)26(20-22)32-30(36)24-15-9-11-17-28(24)38-4-2/h5-20H,3-4H2,1-2H3,(H,31,35)(H,32,36). The number of para-hydroxylation sites is 2. The Hall–Kier alpha value is -4.98. The van der Waals surface area contributed by atoms with E-state index in [-0.39, 0.29) is 11.8 Å². The zero-order chi connectivity index (χ0) is 26.7. The molecule has 2 amide bonds. The Labute approximate surface area is 221 Å². The molecule has 0 saturated heterocycles. The number of hydrogen-bond donors (Lipinski definition) is 2. The van der Waals surface area contributed by atoms with Crippen LogP contribution < -0.4 is 20.1 Å². The third kappa shape index (κ3) is 6.61. The van der Waals surface area contributed by atoms with Crippen molar-refractivity contribution in [2.45, 2.75) is 13.8 Å². The second-order valence-electron chi connectivity index (χ2n) is 8.03. The van der Waals surface area contributed by atoms with Gasteiger partial charge in [0.25, 0.3) is 11.8 Å². The molecule has 0 saturated carbocycles. The Balaban J connectivity index is 1.65. The minimum Gasteiger partial charge on any atom is -0.493 e. The highest BCUT2D eigenvalue weighted by Crippen LogP contribution is 2.32. The third-order valence-corrected chi connectivity index (χ3v) is 5.40. The normalized spacial score (nSPS) is 10.7. The highest BCUT2D eigenvalue weighted by atomic mass is 16.5. The molecule has 2 N–H and O–H groups in total. The first kappa shape index (κ1) is 26.1. The van der Waals surface area contributed by atoms with E-state index in [1.807, 2.05) is 50.2 Å². The van der Waals surface area contributed by atoms with Gasteiger partial charge in [-0.3, -0.25) is 9.59 Å². The van der Waals surface area contributed by atoms with Crippen LogP contribution in [0.1, 0.15) is 34.6 Å². The predicted octanol–water partition coefficient (Wildman–Crippen LogP) is 7.40. The molecular formula is C30H28N4O4. The second-order valence-corrected chi connectivity index (χ2v) is 8.03. The Bertz CT molecular complexity index is 1440. The predicted molar refractivity (Wildman–Crippen MR) is 148 cm³/mol. The lowest BCUT2D eigenvalue weighted by molar-refractivity contribution is 0.101. The Morgan fingerprint density at radius 2 is 1.21 bits per heavy atom. The monoisotopic (exact) mass is 508 g/mol. The maximum Gasteiger partial charge on any atom is 0.259 e. The van der Waals surface area contributed by atoms with Crippen LogP contribution in [-0.4, -0.2) is 25.0 Å². The second kappa shape index (κ2) is 12.8. The average Bonchev–Trinajstić information content (AvgIpc) is 2.94. The molecule has 4 rings (SSSR count). The van der Waals surface area contributed by atoms with Crippen molar-refractivity contribution in [3.63, 3.8) is 0 Å². The molecule has 0 aliphatic rings. The summed E-state index contributed by atoms with van der Waals surface area (Å²) in [4.78, 5) is 26.3. The van der Waals surface area contributed by atoms with Crippen LogP contribution in [-0.2, 0) is 0 Å². The van der Waals surface area contributed by atoms with Crippen molar-refractivity contribution >= 4 is 34.6 Å². The Kier molecular flexibility index (Phi) is 8.80. The number of azo groups is 1. The van der Waals surface area contributed by atoms with Gasteiger partial charge in [0.05, 0.1) is 35.7 Å². The summed E-state index contributed by atoms with van der Waals surface area (Å²) in [6.07, 6.45) is 0. The molecule has 8 nitrogen and oxygen atoms in total. The molecule has 0 unspecified atom stereocenters. The van der Waals surface area contributed by atoms with Crippen LogP contribution in [0.4, 0.5) is 22.7 Å². The average molecular weight is 509 g/mol. The van der Waals surface area contributed by atoms with Gasteiger partial charge in [-0.1, -0.05) is 42.5 Å². The summed E-state index contributed by atoms with van der Waals surface area (Å²) in [7, 11) is 0. The minimum absolute atomic E-state index is 0.341. The summed E-state index contributed by atoms with van der Waals surface area (Å²) in [5, 5.41) is 14.4. The van der Waals surface area contributed by atoms with Gasteiger partial charge in [0, 0.05) is 5.69 Å². The van der Waals surface area contributed by atoms with Gasteiger partial charge in [0.15, 0.2) is 0 Å². The van der Waals surface area contributed by atoms with E-state index >= 15 is 0 Å². The molecule has 0 radical (unpaired) electrons. The van der Waals surface area contributed by atoms with Crippen molar-refractivity contribution in [2.75, 3.05) is 23.8 Å². The molecule has 0 bridgehead atoms. The number of ether oxygens (including phenoxy) is 2. The van der Waals surface area contributed by atoms with Crippen LogP contribution in [0.15, 0.2) is 107 Å². The molecule has 4 aromatic rings. The van der Waals surface area contributed by atoms with E-state index in [4.69, 9.17) is 9.47 Å². The van der Waals surface area contributed by atoms with Crippen molar-refractivity contribution in [3.05, 3.63) is 108 Å². The first-order chi connectivity index (χ1) is 18.6. The van der Waals surface area contributed by atoms with Gasteiger partial charge < -0.3 is 20.1 Å². The SMILES string of the molecule is CCOc1ccccc1C(=O)Nc1ccc(N=Nc2ccccc2)c(NC(=O)c2ccccc2OCC)c1. The van der Waals surface area contributed by atoms with Crippen LogP contribution in [0.3, 0.4) is 0 Å². The number of nitrogens with zero attached hydrogens (tertiary/aromatic N) is 2. The van der Waals surface area contributed by atoms with Crippen molar-refractivity contribution < 1.29 is 19.1 Å². The van der Waals surface area contributed by atoms with Gasteiger partial charge in [-0.15, -0.1) is 5.11 Å². The van der Waals surface area contributed by atoms with Crippen molar-refractivity contribution in [3.8, 4) is 11.5 Å². The van der Waals surface area contributed by atoms with Crippen molar-refractivity contribution in [1.82, 2.24) is 0 Å². The van der Waals surface area contributed by atoms with Crippen LogP contribution in [0.25, 0.3) is 0 Å². The zero-order valence-corrected chi connectivity index (χ0v) is 21.2. The molecule has 0 spiro atoms. The lowest BCUT2D eigenvalue weighted by Gasteiger charge is -2.14. The van der Waals surface area contributed by atoms with Gasteiger partial charge in [0.2, 0.25) is 0 Å². The quantitative estimate of drug-likeness (QED) is 0.218. The maximum atomic E-state index is 13.2. The fraction of sp³-hybridized carbons (Fsp3) is 0.133. The molecule has 192 valence electrons. The Morgan fingerprint density at radius 1 is 0.658 bits per heavy atom. The third-order valence-electron chi connectivity index (χ3n) is 5.40. The summed E-state index contributed by atoms with van der Waals surface area (Å²) in [6, 6.07) is 28.3. The van der Waals surface area contributed by atoms with Crippen LogP contribution in [0, 0.1) is 0 Å². The number of carbonyl (C=O) groups excluding carboxylic acids is 2. The number of carbonyl (C=O) groups is 2. The molecule has 8 heteroatoms. The first-order valence-corrected chi connectivity index (χ1v) is 12.3. The van der Waals surface area contributed by atoms with Gasteiger partial charge >= 0.3 is 0 Å². The van der Waals surface area contributed by atoms with Crippen molar-refractivity contribution in [2.24, 2.45) is 10.2 Å². The number of nitrogens with one attached hydrogen (secondary N) is 2. The van der Waals surface area contributed by atoms with E-state index in [0.29, 0.717) is 58.6 Å². The lowest BCUT2D eigenvalue weighted by atomic mass is 10.1. The Morgan fingerprint density at radius 3 is 1.82 bits per heavy atom. The topological polar surface area (TPSA) is 101 Å². The van der Waals surface area contributed by atoms with Crippen LogP contribution in [0.2, 0.25) is 0 Å². The fourth-order valence-electron chi connectivity index (χ4n) is 3.67. The summed E-state index contributed by atoms with van der Waals surface area (Å²) in [5.74, 6) is 0.237. The summed E-state index contributed by atoms with van der Waals surface area (Å²) in [5.41, 5.74) is 2.70. The molecule has 0 aliphatic heterocycles. The van der Waals surface area contributed by atoms with Crippen LogP contribution >= 0.6 is 0 Å². The van der Waals surface area contributed by atoms with Gasteiger partial charge in [-0.2, -0.15) is 5.11 Å². The number of rotatable bonds is 10. The van der Waals surface area contributed by atoms with Gasteiger partial charge in [-0.25, -0.2) is 0 Å². The number of benzene rings is 4. The minimum atomic E-state index is -0.379. The summed E-state index contributed by atoms with van der Waals surface area (Å²) < 4.78 is 11.2. The molecule has 0 aromatic heterocycles. The number of hydrogen-bond acceptors (Lipinski definition) is 6. The first-order valence-electron chi connectivity index (χ1n) is 12.3. The van der Waals surface area contributed by atoms with Gasteiger partial charge in [0.1, 0.15) is 17.2 Å². The molecular weight excluding hydrogens is 480 g/mol. The summed E-state index contributed by atoms with van der Waals surface area (Å²) in [6.45, 7) is 4.57. The van der Waals surface area contributed by atoms with Gasteiger partial charge in [-0.05, 0) is 68.4 Å². The van der Waals surface area contributed by atoms with Crippen LogP contribution in [0.5, 0.6) is 11.5 Å². The maximum absolute atomic E-state index is 13.2. The largest absolute Gasteiger partial charge is 0.493 e. The van der Waals surface area contributed by atoms with Crippen molar-refractivity contribution in [1.29, 1.82) is 0 Å². The number of anilines is 2. The molecule has 4 aromatic carbocycles. The smallest absolute Gasteiger partial charge is 0.259 e. The zero-order valence-electron chi connectivity index (χ0n) is 21.2. The van der Waals surface area contributed by atoms with E-state index < -0.39 is 0 Å². The summed E-state index contributed by atoms with van der Waals surface area (Å²) >= 11 is 0. The molecule has 0 heterocycles. The lowest BCUT2D eigenvalue weighted by Crippen LogP contribution is -2.15. The van der Waals surface area contributed by atoms with E-state index in [0.717, 1.165) is 0 Å². The highest BCUT2D eigenvalue weighted by Gasteiger charge is 2.17. The fourth-order valence-corrected chi connectivity index (χ4v) is 3.67. The highest BCUT2D eigenvalue weighted by molar-refractivity contribution is 6.09. The van der Waals surface area contributed by atoms with E-state index in [9.17, 15) is 9.59 Å².